The van der Waals surface area contributed by atoms with Crippen LogP contribution in [0.4, 0.5) is 0 Å². The topological polar surface area (TPSA) is 103 Å². The predicted octanol–water partition coefficient (Wildman–Crippen LogP) is 1.76. The van der Waals surface area contributed by atoms with Crippen LogP contribution in [0.25, 0.3) is 0 Å². The van der Waals surface area contributed by atoms with Crippen molar-refractivity contribution in [1.82, 2.24) is 15.4 Å². The molecule has 1 atom stereocenters. The van der Waals surface area contributed by atoms with Crippen molar-refractivity contribution >= 4 is 27.3 Å². The standard InChI is InChI=1S/C19H28N4O3S2/c1-4-21-18(23-14-19(2,24)17-6-5-11-27-17)22-12-15-7-9-16(10-8-15)13-28(25,26)20-3/h5-11,20,24H,4,12-14H2,1-3H3,(H2,21,22,23). The van der Waals surface area contributed by atoms with Crippen LogP contribution in [-0.4, -0.2) is 39.6 Å². The Kier molecular flexibility index (Phi) is 7.99. The van der Waals surface area contributed by atoms with Gasteiger partial charge in [-0.05, 0) is 43.5 Å². The molecule has 9 heteroatoms. The van der Waals surface area contributed by atoms with Gasteiger partial charge in [0.15, 0.2) is 5.96 Å². The van der Waals surface area contributed by atoms with Crippen LogP contribution >= 0.6 is 11.3 Å². The maximum atomic E-state index is 11.6. The molecule has 7 nitrogen and oxygen atoms in total. The summed E-state index contributed by atoms with van der Waals surface area (Å²) in [6.45, 7) is 5.22. The molecule has 0 aliphatic heterocycles. The van der Waals surface area contributed by atoms with Crippen molar-refractivity contribution in [2.45, 2.75) is 31.7 Å². The van der Waals surface area contributed by atoms with E-state index in [1.54, 1.807) is 19.1 Å². The fourth-order valence-electron chi connectivity index (χ4n) is 2.47. The molecule has 1 aromatic heterocycles. The molecular weight excluding hydrogens is 396 g/mol. The van der Waals surface area contributed by atoms with E-state index in [9.17, 15) is 13.5 Å². The van der Waals surface area contributed by atoms with E-state index in [-0.39, 0.29) is 5.75 Å². The van der Waals surface area contributed by atoms with Crippen molar-refractivity contribution in [3.63, 3.8) is 0 Å². The van der Waals surface area contributed by atoms with E-state index in [0.29, 0.717) is 25.6 Å². The first-order valence-corrected chi connectivity index (χ1v) is 11.6. The lowest BCUT2D eigenvalue weighted by molar-refractivity contribution is 0.0655. The Hall–Kier alpha value is -1.94. The van der Waals surface area contributed by atoms with E-state index in [4.69, 9.17) is 0 Å². The van der Waals surface area contributed by atoms with Crippen molar-refractivity contribution in [2.75, 3.05) is 20.1 Å². The van der Waals surface area contributed by atoms with Crippen LogP contribution in [0.5, 0.6) is 0 Å². The largest absolute Gasteiger partial charge is 0.383 e. The maximum absolute atomic E-state index is 11.6. The van der Waals surface area contributed by atoms with Gasteiger partial charge in [0.1, 0.15) is 5.60 Å². The molecule has 4 N–H and O–H groups in total. The highest BCUT2D eigenvalue weighted by atomic mass is 32.2. The van der Waals surface area contributed by atoms with Gasteiger partial charge in [0.05, 0.1) is 18.8 Å². The Bertz CT molecular complexity index is 861. The molecule has 0 aliphatic rings. The number of rotatable bonds is 9. The van der Waals surface area contributed by atoms with Gasteiger partial charge in [0.25, 0.3) is 0 Å². The van der Waals surface area contributed by atoms with Gasteiger partial charge in [-0.2, -0.15) is 0 Å². The van der Waals surface area contributed by atoms with Gasteiger partial charge in [0, 0.05) is 11.4 Å². The first kappa shape index (κ1) is 22.4. The lowest BCUT2D eigenvalue weighted by Crippen LogP contribution is -2.44. The molecule has 1 heterocycles. The highest BCUT2D eigenvalue weighted by Crippen LogP contribution is 2.24. The van der Waals surface area contributed by atoms with Crippen LogP contribution in [0.1, 0.15) is 29.9 Å². The lowest BCUT2D eigenvalue weighted by atomic mass is 10.1. The Labute approximate surface area is 171 Å². The van der Waals surface area contributed by atoms with E-state index >= 15 is 0 Å². The Morgan fingerprint density at radius 1 is 1.18 bits per heavy atom. The van der Waals surface area contributed by atoms with E-state index < -0.39 is 15.6 Å². The number of aliphatic hydroxyl groups is 1. The molecule has 0 saturated carbocycles. The molecule has 2 rings (SSSR count). The lowest BCUT2D eigenvalue weighted by Gasteiger charge is -2.23. The minimum absolute atomic E-state index is 0.0466. The van der Waals surface area contributed by atoms with Gasteiger partial charge in [-0.1, -0.05) is 30.3 Å². The number of sulfonamides is 1. The molecule has 0 saturated heterocycles. The monoisotopic (exact) mass is 424 g/mol. The van der Waals surface area contributed by atoms with Crippen LogP contribution in [0, 0.1) is 0 Å². The molecule has 1 unspecified atom stereocenters. The quantitative estimate of drug-likeness (QED) is 0.363. The van der Waals surface area contributed by atoms with Gasteiger partial charge in [-0.25, -0.2) is 18.1 Å². The summed E-state index contributed by atoms with van der Waals surface area (Å²) < 4.78 is 25.5. The average molecular weight is 425 g/mol. The normalized spacial score (nSPS) is 14.5. The molecular formula is C19H28N4O3S2. The number of hydrogen-bond donors (Lipinski definition) is 4. The van der Waals surface area contributed by atoms with Crippen LogP contribution in [-0.2, 0) is 27.9 Å². The summed E-state index contributed by atoms with van der Waals surface area (Å²) >= 11 is 1.51. The Morgan fingerprint density at radius 2 is 1.86 bits per heavy atom. The summed E-state index contributed by atoms with van der Waals surface area (Å²) in [4.78, 5) is 5.44. The Balaban J connectivity index is 1.98. The van der Waals surface area contributed by atoms with E-state index in [2.05, 4.69) is 20.3 Å². The number of aliphatic imine (C=N–C) groups is 1. The minimum Gasteiger partial charge on any atom is -0.383 e. The van der Waals surface area contributed by atoms with Crippen molar-refractivity contribution < 1.29 is 13.5 Å². The zero-order valence-electron chi connectivity index (χ0n) is 16.4. The number of nitrogens with one attached hydrogen (secondary N) is 3. The van der Waals surface area contributed by atoms with Gasteiger partial charge < -0.3 is 15.7 Å². The summed E-state index contributed by atoms with van der Waals surface area (Å²) in [5.74, 6) is 0.566. The van der Waals surface area contributed by atoms with Crippen LogP contribution in [0.3, 0.4) is 0 Å². The molecule has 0 aliphatic carbocycles. The summed E-state index contributed by atoms with van der Waals surface area (Å²) in [5.41, 5.74) is 0.706. The van der Waals surface area contributed by atoms with Crippen LogP contribution < -0.4 is 15.4 Å². The van der Waals surface area contributed by atoms with Gasteiger partial charge in [-0.3, -0.25) is 0 Å². The van der Waals surface area contributed by atoms with Crippen LogP contribution in [0.2, 0.25) is 0 Å². The van der Waals surface area contributed by atoms with E-state index in [1.165, 1.54) is 18.4 Å². The number of thiophene rings is 1. The van der Waals surface area contributed by atoms with Crippen LogP contribution in [0.15, 0.2) is 46.8 Å². The first-order chi connectivity index (χ1) is 13.3. The number of benzene rings is 1. The summed E-state index contributed by atoms with van der Waals surface area (Å²) in [5, 5.41) is 18.9. The predicted molar refractivity (Wildman–Crippen MR) is 115 cm³/mol. The zero-order valence-corrected chi connectivity index (χ0v) is 18.0. The number of hydrogen-bond acceptors (Lipinski definition) is 5. The Morgan fingerprint density at radius 3 is 2.43 bits per heavy atom. The van der Waals surface area contributed by atoms with Crippen molar-refractivity contribution in [3.8, 4) is 0 Å². The zero-order chi connectivity index (χ0) is 20.6. The third-order valence-corrected chi connectivity index (χ3v) is 6.57. The summed E-state index contributed by atoms with van der Waals surface area (Å²) in [6.07, 6.45) is 0. The summed E-state index contributed by atoms with van der Waals surface area (Å²) in [6, 6.07) is 11.2. The average Bonchev–Trinajstić information content (AvgIpc) is 3.21. The summed E-state index contributed by atoms with van der Waals surface area (Å²) in [7, 11) is -1.87. The van der Waals surface area contributed by atoms with Crippen molar-refractivity contribution in [1.29, 1.82) is 0 Å². The second kappa shape index (κ2) is 10.0. The smallest absolute Gasteiger partial charge is 0.215 e. The van der Waals surface area contributed by atoms with Crippen molar-refractivity contribution in [3.05, 3.63) is 57.8 Å². The van der Waals surface area contributed by atoms with Gasteiger partial charge in [-0.15, -0.1) is 11.3 Å². The molecule has 0 fully saturated rings. The van der Waals surface area contributed by atoms with E-state index in [0.717, 1.165) is 16.0 Å². The van der Waals surface area contributed by atoms with Gasteiger partial charge >= 0.3 is 0 Å². The fourth-order valence-corrected chi connectivity index (χ4v) is 4.04. The second-order valence-electron chi connectivity index (χ2n) is 6.58. The number of guanidine groups is 1. The second-order valence-corrected chi connectivity index (χ2v) is 9.45. The van der Waals surface area contributed by atoms with Crippen molar-refractivity contribution in [2.24, 2.45) is 4.99 Å². The SMILES string of the molecule is CCNC(=NCc1ccc(CS(=O)(=O)NC)cc1)NCC(C)(O)c1cccs1. The highest BCUT2D eigenvalue weighted by Gasteiger charge is 2.24. The third-order valence-electron chi connectivity index (χ3n) is 4.11. The molecule has 0 amide bonds. The minimum atomic E-state index is -3.28. The number of nitrogens with zero attached hydrogens (tertiary/aromatic N) is 1. The van der Waals surface area contributed by atoms with E-state index in [1.807, 2.05) is 36.6 Å². The molecule has 28 heavy (non-hydrogen) atoms. The molecule has 0 radical (unpaired) electrons. The molecule has 2 aromatic rings. The van der Waals surface area contributed by atoms with Gasteiger partial charge in [0.2, 0.25) is 10.0 Å². The highest BCUT2D eigenvalue weighted by molar-refractivity contribution is 7.88. The first-order valence-electron chi connectivity index (χ1n) is 9.03. The molecule has 0 bridgehead atoms. The third kappa shape index (κ3) is 6.90. The molecule has 1 aromatic carbocycles. The molecule has 0 spiro atoms. The molecule has 154 valence electrons. The maximum Gasteiger partial charge on any atom is 0.215 e. The fraction of sp³-hybridized carbons (Fsp3) is 0.421.